The Morgan fingerprint density at radius 1 is 1.54 bits per heavy atom. The van der Waals surface area contributed by atoms with E-state index in [9.17, 15) is 9.59 Å². The summed E-state index contributed by atoms with van der Waals surface area (Å²) in [4.78, 5) is 22.7. The second-order valence-corrected chi connectivity index (χ2v) is 2.18. The highest BCUT2D eigenvalue weighted by atomic mass is 79.9. The Labute approximate surface area is 91.8 Å². The fourth-order valence-corrected chi connectivity index (χ4v) is 0.785. The van der Waals surface area contributed by atoms with E-state index in [1.165, 1.54) is 0 Å². The highest BCUT2D eigenvalue weighted by Gasteiger charge is 2.17. The van der Waals surface area contributed by atoms with E-state index in [-0.39, 0.29) is 29.5 Å². The summed E-state index contributed by atoms with van der Waals surface area (Å²) in [5.74, 6) is -0.639. The molecule has 0 bridgehead atoms. The van der Waals surface area contributed by atoms with E-state index >= 15 is 0 Å². The van der Waals surface area contributed by atoms with Gasteiger partial charge in [0.25, 0.3) is 5.91 Å². The monoisotopic (exact) mass is 274 g/mol. The largest absolute Gasteiger partial charge is 0.387 e. The van der Waals surface area contributed by atoms with Gasteiger partial charge in [-0.2, -0.15) is 0 Å². The van der Waals surface area contributed by atoms with Crippen molar-refractivity contribution >= 4 is 40.5 Å². The van der Waals surface area contributed by atoms with Crippen LogP contribution >= 0.6 is 28.6 Å². The van der Waals surface area contributed by atoms with E-state index in [1.54, 1.807) is 6.92 Å². The Hall–Kier alpha value is -0.330. The van der Waals surface area contributed by atoms with Crippen molar-refractivity contribution in [3.63, 3.8) is 0 Å². The summed E-state index contributed by atoms with van der Waals surface area (Å²) >= 11 is 5.21. The van der Waals surface area contributed by atoms with Gasteiger partial charge in [0.15, 0.2) is 0 Å². The lowest BCUT2D eigenvalue weighted by molar-refractivity contribution is -0.131. The lowest BCUT2D eigenvalue weighted by atomic mass is 10.5. The van der Waals surface area contributed by atoms with Crippen molar-refractivity contribution < 1.29 is 14.7 Å². The Kier molecular flexibility index (Phi) is 9.65. The molecule has 0 aromatic rings. The summed E-state index contributed by atoms with van der Waals surface area (Å²) in [5, 5.41) is 10.7. The molecule has 0 heterocycles. The Bertz CT molecular complexity index is 179. The molecule has 0 unspecified atom stereocenters. The van der Waals surface area contributed by atoms with Crippen LogP contribution in [0.5, 0.6) is 0 Å². The third-order valence-corrected chi connectivity index (χ3v) is 1.35. The fraction of sp³-hybridized carbons (Fsp3) is 0.667. The van der Waals surface area contributed by atoms with Crippen LogP contribution in [-0.2, 0) is 4.79 Å². The topological polar surface area (TPSA) is 69.6 Å². The lowest BCUT2D eigenvalue weighted by Gasteiger charge is -2.17. The minimum absolute atomic E-state index is 0. The average Bonchev–Trinajstić information content (AvgIpc) is 2.06. The van der Waals surface area contributed by atoms with Gasteiger partial charge in [-0.3, -0.25) is 9.69 Å². The number of nitrogens with zero attached hydrogens (tertiary/aromatic N) is 1. The molecule has 0 fully saturated rings. The maximum Gasteiger partial charge on any atom is 0.325 e. The molecule has 0 aliphatic rings. The molecule has 78 valence electrons. The van der Waals surface area contributed by atoms with Gasteiger partial charge in [-0.05, 0) is 6.92 Å². The zero-order chi connectivity index (χ0) is 9.56. The van der Waals surface area contributed by atoms with Crippen LogP contribution in [0.1, 0.15) is 6.92 Å². The summed E-state index contributed by atoms with van der Waals surface area (Å²) in [5.41, 5.74) is 0. The number of halogens is 2. The average molecular weight is 276 g/mol. The summed E-state index contributed by atoms with van der Waals surface area (Å²) in [6.45, 7) is 1.16. The SMILES string of the molecule is Br.CCN(C(=O)CO)C(=O)NCCl. The van der Waals surface area contributed by atoms with Crippen molar-refractivity contribution in [1.82, 2.24) is 10.2 Å². The smallest absolute Gasteiger partial charge is 0.325 e. The Morgan fingerprint density at radius 2 is 2.08 bits per heavy atom. The van der Waals surface area contributed by atoms with Crippen LogP contribution in [0.4, 0.5) is 4.79 Å². The van der Waals surface area contributed by atoms with E-state index in [0.29, 0.717) is 0 Å². The molecule has 0 aromatic heterocycles. The van der Waals surface area contributed by atoms with E-state index in [2.05, 4.69) is 5.32 Å². The molecule has 0 saturated heterocycles. The number of alkyl halides is 1. The number of urea groups is 1. The summed E-state index contributed by atoms with van der Waals surface area (Å²) in [7, 11) is 0. The van der Waals surface area contributed by atoms with Crippen molar-refractivity contribution in [1.29, 1.82) is 0 Å². The molecule has 0 aliphatic heterocycles. The molecule has 7 heteroatoms. The summed E-state index contributed by atoms with van der Waals surface area (Å²) in [6, 6.07) is -0.653. The van der Waals surface area contributed by atoms with E-state index in [4.69, 9.17) is 16.7 Å². The number of hydrogen-bond donors (Lipinski definition) is 2. The third kappa shape index (κ3) is 5.07. The molecule has 2 N–H and O–H groups in total. The fourth-order valence-electron chi connectivity index (χ4n) is 0.671. The Morgan fingerprint density at radius 3 is 2.38 bits per heavy atom. The van der Waals surface area contributed by atoms with Crippen molar-refractivity contribution in [3.05, 3.63) is 0 Å². The van der Waals surface area contributed by atoms with Crippen LogP contribution in [0.3, 0.4) is 0 Å². The van der Waals surface area contributed by atoms with Gasteiger partial charge in [0.2, 0.25) is 0 Å². The number of aliphatic hydroxyl groups excluding tert-OH is 1. The molecule has 0 rings (SSSR count). The van der Waals surface area contributed by atoms with Crippen molar-refractivity contribution in [2.45, 2.75) is 6.92 Å². The molecule has 0 atom stereocenters. The number of carbonyl (C=O) groups is 2. The Balaban J connectivity index is 0. The van der Waals surface area contributed by atoms with Gasteiger partial charge < -0.3 is 10.4 Å². The van der Waals surface area contributed by atoms with Crippen LogP contribution < -0.4 is 5.32 Å². The second-order valence-electron chi connectivity index (χ2n) is 1.91. The first-order valence-corrected chi connectivity index (χ1v) is 3.95. The number of hydrogen-bond acceptors (Lipinski definition) is 3. The van der Waals surface area contributed by atoms with Crippen LogP contribution in [0, 0.1) is 0 Å². The highest BCUT2D eigenvalue weighted by Crippen LogP contribution is 1.90. The van der Waals surface area contributed by atoms with Crippen molar-refractivity contribution in [3.8, 4) is 0 Å². The molecule has 13 heavy (non-hydrogen) atoms. The first-order valence-electron chi connectivity index (χ1n) is 3.42. The van der Waals surface area contributed by atoms with Gasteiger partial charge in [-0.1, -0.05) is 0 Å². The van der Waals surface area contributed by atoms with Gasteiger partial charge in [-0.25, -0.2) is 4.79 Å². The number of rotatable bonds is 3. The predicted octanol–water partition coefficient (Wildman–Crippen LogP) is 0.311. The van der Waals surface area contributed by atoms with E-state index in [1.807, 2.05) is 0 Å². The molecular weight excluding hydrogens is 263 g/mol. The number of likely N-dealkylation sites (N-methyl/N-ethyl adjacent to an activating group) is 1. The van der Waals surface area contributed by atoms with Gasteiger partial charge in [0, 0.05) is 6.54 Å². The third-order valence-electron chi connectivity index (χ3n) is 1.22. The maximum absolute atomic E-state index is 11.0. The quantitative estimate of drug-likeness (QED) is 0.575. The molecule has 0 aromatic carbocycles. The first kappa shape index (κ1) is 15.2. The van der Waals surface area contributed by atoms with Crippen LogP contribution in [0.2, 0.25) is 0 Å². The van der Waals surface area contributed by atoms with Gasteiger partial charge in [0.1, 0.15) is 6.61 Å². The molecule has 3 amide bonds. The van der Waals surface area contributed by atoms with E-state index in [0.717, 1.165) is 4.90 Å². The molecule has 0 radical (unpaired) electrons. The van der Waals surface area contributed by atoms with Gasteiger partial charge in [0.05, 0.1) is 6.00 Å². The summed E-state index contributed by atoms with van der Waals surface area (Å²) < 4.78 is 0. The van der Waals surface area contributed by atoms with E-state index < -0.39 is 18.5 Å². The standard InChI is InChI=1S/C6H11ClN2O3.BrH/c1-2-9(5(11)3-10)6(12)8-4-7;/h10H,2-4H2,1H3,(H,8,12);1H. The number of nitrogens with one attached hydrogen (secondary N) is 1. The van der Waals surface area contributed by atoms with Gasteiger partial charge in [-0.15, -0.1) is 28.6 Å². The number of carbonyl (C=O) groups excluding carboxylic acids is 2. The molecule has 0 aliphatic carbocycles. The van der Waals surface area contributed by atoms with Crippen LogP contribution in [-0.4, -0.2) is 41.1 Å². The second kappa shape index (κ2) is 8.28. The minimum atomic E-state index is -0.677. The van der Waals surface area contributed by atoms with Crippen molar-refractivity contribution in [2.75, 3.05) is 19.2 Å². The zero-order valence-corrected chi connectivity index (χ0v) is 9.59. The molecule has 0 saturated carbocycles. The number of amides is 3. The minimum Gasteiger partial charge on any atom is -0.387 e. The van der Waals surface area contributed by atoms with Gasteiger partial charge >= 0.3 is 6.03 Å². The van der Waals surface area contributed by atoms with Crippen molar-refractivity contribution in [2.24, 2.45) is 0 Å². The zero-order valence-electron chi connectivity index (χ0n) is 7.12. The predicted molar refractivity (Wildman–Crippen MR) is 54.0 cm³/mol. The first-order chi connectivity index (χ1) is 5.67. The normalized spacial score (nSPS) is 8.54. The van der Waals surface area contributed by atoms with Crippen LogP contribution in [0.25, 0.3) is 0 Å². The molecule has 0 spiro atoms. The maximum atomic E-state index is 11.0. The lowest BCUT2D eigenvalue weighted by Crippen LogP contribution is -2.44. The van der Waals surface area contributed by atoms with Crippen LogP contribution in [0.15, 0.2) is 0 Å². The molecular formula is C6H12BrClN2O3. The molecule has 5 nitrogen and oxygen atoms in total. The number of aliphatic hydroxyl groups is 1. The number of imide groups is 1. The summed E-state index contributed by atoms with van der Waals surface area (Å²) in [6.07, 6.45) is 0. The highest BCUT2D eigenvalue weighted by molar-refractivity contribution is 8.93.